The number of rotatable bonds is 5. The van der Waals surface area contributed by atoms with Crippen LogP contribution in [0.5, 0.6) is 0 Å². The van der Waals surface area contributed by atoms with Crippen molar-refractivity contribution in [2.45, 2.75) is 12.8 Å². The van der Waals surface area contributed by atoms with Crippen molar-refractivity contribution in [2.75, 3.05) is 32.9 Å². The summed E-state index contributed by atoms with van der Waals surface area (Å²) in [6, 6.07) is 0. The lowest BCUT2D eigenvalue weighted by Gasteiger charge is -2.31. The molecule has 1 heterocycles. The molecule has 92 valence electrons. The fraction of sp³-hybridized carbons (Fsp3) is 0.800. The van der Waals surface area contributed by atoms with Gasteiger partial charge in [-0.25, -0.2) is 4.79 Å². The van der Waals surface area contributed by atoms with Crippen LogP contribution in [0.4, 0.5) is 0 Å². The fourth-order valence-electron chi connectivity index (χ4n) is 1.76. The summed E-state index contributed by atoms with van der Waals surface area (Å²) >= 11 is 0. The van der Waals surface area contributed by atoms with Crippen LogP contribution in [0.3, 0.4) is 0 Å². The molecule has 0 aromatic carbocycles. The number of amides is 1. The van der Waals surface area contributed by atoms with E-state index in [0.29, 0.717) is 13.1 Å². The number of carboxylic acids is 1. The quantitative estimate of drug-likeness (QED) is 0.654. The number of nitrogens with zero attached hydrogens (tertiary/aromatic N) is 1. The van der Waals surface area contributed by atoms with Gasteiger partial charge in [0.1, 0.15) is 13.2 Å². The molecule has 0 spiro atoms. The molecule has 6 nitrogen and oxygen atoms in total. The summed E-state index contributed by atoms with van der Waals surface area (Å²) in [5.41, 5.74) is 0. The molecular weight excluding hydrogens is 214 g/mol. The predicted molar refractivity (Wildman–Crippen MR) is 54.8 cm³/mol. The van der Waals surface area contributed by atoms with Gasteiger partial charge in [-0.2, -0.15) is 0 Å². The third kappa shape index (κ3) is 4.16. The Kier molecular flexibility index (Phi) is 5.21. The minimum absolute atomic E-state index is 0.0831. The van der Waals surface area contributed by atoms with Crippen LogP contribution in [-0.4, -0.2) is 59.9 Å². The number of carbonyl (C=O) groups excluding carboxylic acids is 1. The van der Waals surface area contributed by atoms with Crippen LogP contribution in [0.2, 0.25) is 0 Å². The highest BCUT2D eigenvalue weighted by molar-refractivity contribution is 5.78. The molecule has 0 radical (unpaired) electrons. The number of hydrogen-bond donors (Lipinski definition) is 2. The van der Waals surface area contributed by atoms with E-state index in [-0.39, 0.29) is 25.0 Å². The fourth-order valence-corrected chi connectivity index (χ4v) is 1.76. The summed E-state index contributed by atoms with van der Waals surface area (Å²) in [5.74, 6) is -1.16. The van der Waals surface area contributed by atoms with Crippen molar-refractivity contribution in [1.82, 2.24) is 4.90 Å². The van der Waals surface area contributed by atoms with Crippen molar-refractivity contribution < 1.29 is 24.5 Å². The van der Waals surface area contributed by atoms with Crippen molar-refractivity contribution in [1.29, 1.82) is 0 Å². The minimum atomic E-state index is -1.08. The van der Waals surface area contributed by atoms with Gasteiger partial charge in [-0.1, -0.05) is 0 Å². The Morgan fingerprint density at radius 1 is 1.38 bits per heavy atom. The molecule has 16 heavy (non-hydrogen) atoms. The highest BCUT2D eigenvalue weighted by atomic mass is 16.5. The largest absolute Gasteiger partial charge is 0.480 e. The second-order valence-electron chi connectivity index (χ2n) is 3.92. The van der Waals surface area contributed by atoms with E-state index in [0.717, 1.165) is 12.8 Å². The molecule has 1 fully saturated rings. The Bertz CT molecular complexity index is 256. The first-order valence-corrected chi connectivity index (χ1v) is 5.31. The van der Waals surface area contributed by atoms with Crippen LogP contribution < -0.4 is 0 Å². The Hall–Kier alpha value is -1.14. The maximum Gasteiger partial charge on any atom is 0.329 e. The van der Waals surface area contributed by atoms with Gasteiger partial charge in [0, 0.05) is 19.7 Å². The summed E-state index contributed by atoms with van der Waals surface area (Å²) in [6.07, 6.45) is 1.80. The lowest BCUT2D eigenvalue weighted by molar-refractivity contribution is -0.146. The molecule has 0 saturated carbocycles. The van der Waals surface area contributed by atoms with E-state index in [1.54, 1.807) is 4.90 Å². The lowest BCUT2D eigenvalue weighted by Crippen LogP contribution is -2.42. The van der Waals surface area contributed by atoms with E-state index >= 15 is 0 Å². The molecule has 0 bridgehead atoms. The van der Waals surface area contributed by atoms with Gasteiger partial charge < -0.3 is 19.8 Å². The van der Waals surface area contributed by atoms with Gasteiger partial charge in [-0.3, -0.25) is 4.79 Å². The van der Waals surface area contributed by atoms with Gasteiger partial charge in [0.15, 0.2) is 0 Å². The number of aliphatic hydroxyl groups excluding tert-OH is 1. The molecule has 0 aliphatic carbocycles. The smallest absolute Gasteiger partial charge is 0.329 e. The van der Waals surface area contributed by atoms with Crippen molar-refractivity contribution in [2.24, 2.45) is 5.92 Å². The number of aliphatic hydroxyl groups is 1. The van der Waals surface area contributed by atoms with Gasteiger partial charge in [-0.15, -0.1) is 0 Å². The van der Waals surface area contributed by atoms with Crippen molar-refractivity contribution in [3.8, 4) is 0 Å². The predicted octanol–water partition coefficient (Wildman–Crippen LogP) is -0.681. The summed E-state index contributed by atoms with van der Waals surface area (Å²) in [5, 5.41) is 17.3. The Morgan fingerprint density at radius 2 is 2.12 bits per heavy atom. The second-order valence-corrected chi connectivity index (χ2v) is 3.92. The molecule has 0 aromatic rings. The average Bonchev–Trinajstić information content (AvgIpc) is 2.28. The number of carboxylic acid groups (broad SMARTS) is 1. The van der Waals surface area contributed by atoms with E-state index in [1.165, 1.54) is 0 Å². The summed E-state index contributed by atoms with van der Waals surface area (Å²) in [6.45, 7) is 0.616. The molecule has 0 aromatic heterocycles. The standard InChI is InChI=1S/C10H17NO5/c12-5-8-2-1-3-11(4-8)9(13)6-16-7-10(14)15/h8,12H,1-7H2,(H,14,15). The normalized spacial score (nSPS) is 20.8. The number of hydrogen-bond acceptors (Lipinski definition) is 4. The van der Waals surface area contributed by atoms with E-state index in [1.807, 2.05) is 0 Å². The molecule has 1 atom stereocenters. The number of piperidine rings is 1. The Labute approximate surface area is 93.8 Å². The summed E-state index contributed by atoms with van der Waals surface area (Å²) in [7, 11) is 0. The van der Waals surface area contributed by atoms with E-state index in [9.17, 15) is 9.59 Å². The zero-order valence-corrected chi connectivity index (χ0v) is 9.09. The second kappa shape index (κ2) is 6.44. The van der Waals surface area contributed by atoms with Gasteiger partial charge in [0.25, 0.3) is 0 Å². The minimum Gasteiger partial charge on any atom is -0.480 e. The van der Waals surface area contributed by atoms with Crippen molar-refractivity contribution in [3.05, 3.63) is 0 Å². The molecule has 1 saturated heterocycles. The van der Waals surface area contributed by atoms with Gasteiger partial charge >= 0.3 is 5.97 Å². The average molecular weight is 231 g/mol. The van der Waals surface area contributed by atoms with Crippen molar-refractivity contribution in [3.63, 3.8) is 0 Å². The summed E-state index contributed by atoms with van der Waals surface area (Å²) in [4.78, 5) is 23.4. The van der Waals surface area contributed by atoms with Gasteiger partial charge in [0.05, 0.1) is 0 Å². The van der Waals surface area contributed by atoms with E-state index in [4.69, 9.17) is 14.9 Å². The van der Waals surface area contributed by atoms with E-state index < -0.39 is 12.6 Å². The lowest BCUT2D eigenvalue weighted by atomic mass is 9.99. The topological polar surface area (TPSA) is 87.1 Å². The third-order valence-corrected chi connectivity index (χ3v) is 2.58. The third-order valence-electron chi connectivity index (χ3n) is 2.58. The maximum atomic E-state index is 11.6. The monoisotopic (exact) mass is 231 g/mol. The molecule has 1 aliphatic heterocycles. The van der Waals surface area contributed by atoms with Gasteiger partial charge in [-0.05, 0) is 18.8 Å². The first-order chi connectivity index (χ1) is 7.63. The number of likely N-dealkylation sites (tertiary alicyclic amines) is 1. The molecule has 2 N–H and O–H groups in total. The number of aliphatic carboxylic acids is 1. The van der Waals surface area contributed by atoms with Gasteiger partial charge in [0.2, 0.25) is 5.91 Å². The highest BCUT2D eigenvalue weighted by Crippen LogP contribution is 2.15. The maximum absolute atomic E-state index is 11.6. The number of ether oxygens (including phenoxy) is 1. The zero-order chi connectivity index (χ0) is 12.0. The van der Waals surface area contributed by atoms with Crippen LogP contribution in [0, 0.1) is 5.92 Å². The van der Waals surface area contributed by atoms with Crippen molar-refractivity contribution >= 4 is 11.9 Å². The summed E-state index contributed by atoms with van der Waals surface area (Å²) < 4.78 is 4.73. The molecular formula is C10H17NO5. The highest BCUT2D eigenvalue weighted by Gasteiger charge is 2.22. The first-order valence-electron chi connectivity index (χ1n) is 5.31. The van der Waals surface area contributed by atoms with Crippen LogP contribution in [-0.2, 0) is 14.3 Å². The molecule has 1 amide bonds. The van der Waals surface area contributed by atoms with Crippen LogP contribution in [0.1, 0.15) is 12.8 Å². The van der Waals surface area contributed by atoms with Crippen LogP contribution >= 0.6 is 0 Å². The molecule has 1 aliphatic rings. The first kappa shape index (κ1) is 12.9. The molecule has 6 heteroatoms. The van der Waals surface area contributed by atoms with E-state index in [2.05, 4.69) is 0 Å². The zero-order valence-electron chi connectivity index (χ0n) is 9.09. The molecule has 1 unspecified atom stereocenters. The Balaban J connectivity index is 2.27. The SMILES string of the molecule is O=C(O)COCC(=O)N1CCCC(CO)C1. The van der Waals surface area contributed by atoms with Crippen LogP contribution in [0.15, 0.2) is 0 Å². The number of carbonyl (C=O) groups is 2. The van der Waals surface area contributed by atoms with Crippen LogP contribution in [0.25, 0.3) is 0 Å². The molecule has 1 rings (SSSR count). The Morgan fingerprint density at radius 3 is 2.75 bits per heavy atom.